The molecular weight excluding hydrogens is 452 g/mol. The summed E-state index contributed by atoms with van der Waals surface area (Å²) in [5.41, 5.74) is 2.11. The second-order valence-electron chi connectivity index (χ2n) is 6.47. The highest BCUT2D eigenvalue weighted by molar-refractivity contribution is 7.99. The molecule has 1 aromatic carbocycles. The Bertz CT molecular complexity index is 1320. The number of aromatic nitrogens is 3. The van der Waals surface area contributed by atoms with Gasteiger partial charge < -0.3 is 5.32 Å². The minimum atomic E-state index is -0.268. The van der Waals surface area contributed by atoms with Gasteiger partial charge in [0.2, 0.25) is 5.91 Å². The molecule has 0 radical (unpaired) electrons. The largest absolute Gasteiger partial charge is 0.323 e. The summed E-state index contributed by atoms with van der Waals surface area (Å²) in [7, 11) is 0. The summed E-state index contributed by atoms with van der Waals surface area (Å²) in [6.45, 7) is 4.05. The summed E-state index contributed by atoms with van der Waals surface area (Å²) in [6.07, 6.45) is 3.19. The fourth-order valence-electron chi connectivity index (χ4n) is 3.03. The molecule has 1 N–H and O–H groups in total. The van der Waals surface area contributed by atoms with Crippen molar-refractivity contribution in [2.24, 2.45) is 0 Å². The van der Waals surface area contributed by atoms with E-state index in [0.717, 1.165) is 11.1 Å². The number of thioether (sulfide) groups is 1. The van der Waals surface area contributed by atoms with E-state index in [1.54, 1.807) is 29.0 Å². The lowest BCUT2D eigenvalue weighted by Gasteiger charge is -2.11. The van der Waals surface area contributed by atoms with Gasteiger partial charge in [-0.15, -0.1) is 17.9 Å². The van der Waals surface area contributed by atoms with Crippen LogP contribution in [-0.2, 0) is 11.3 Å². The van der Waals surface area contributed by atoms with Crippen LogP contribution in [0.2, 0.25) is 5.15 Å². The van der Waals surface area contributed by atoms with Crippen molar-refractivity contribution in [2.45, 2.75) is 11.7 Å². The zero-order chi connectivity index (χ0) is 21.8. The van der Waals surface area contributed by atoms with Crippen molar-refractivity contribution in [3.63, 3.8) is 0 Å². The molecular formula is C22H17ClN4O2S2. The van der Waals surface area contributed by atoms with E-state index in [1.807, 2.05) is 35.7 Å². The Morgan fingerprint density at radius 1 is 1.26 bits per heavy atom. The maximum Gasteiger partial charge on any atom is 0.263 e. The zero-order valence-electron chi connectivity index (χ0n) is 16.2. The van der Waals surface area contributed by atoms with Gasteiger partial charge in [0, 0.05) is 23.7 Å². The quantitative estimate of drug-likeness (QED) is 0.177. The number of benzene rings is 1. The van der Waals surface area contributed by atoms with Gasteiger partial charge in [-0.3, -0.25) is 14.2 Å². The molecule has 0 saturated carbocycles. The molecule has 4 rings (SSSR count). The predicted molar refractivity (Wildman–Crippen MR) is 128 cm³/mol. The summed E-state index contributed by atoms with van der Waals surface area (Å²) in [5, 5.41) is 5.93. The van der Waals surface area contributed by atoms with E-state index >= 15 is 0 Å². The van der Waals surface area contributed by atoms with Gasteiger partial charge in [0.25, 0.3) is 5.56 Å². The molecule has 0 fully saturated rings. The van der Waals surface area contributed by atoms with Crippen LogP contribution in [0.5, 0.6) is 0 Å². The summed E-state index contributed by atoms with van der Waals surface area (Å²) < 4.78 is 1.55. The molecule has 4 aromatic rings. The SMILES string of the molecule is C=CCn1c(SCC(=O)Nc2cccnc2Cl)nc2scc(-c3ccccc3)c2c1=O. The van der Waals surface area contributed by atoms with Crippen LogP contribution in [0.4, 0.5) is 5.69 Å². The Kier molecular flexibility index (Phi) is 6.50. The van der Waals surface area contributed by atoms with Crippen molar-refractivity contribution >= 4 is 56.5 Å². The van der Waals surface area contributed by atoms with Gasteiger partial charge >= 0.3 is 0 Å². The summed E-state index contributed by atoms with van der Waals surface area (Å²) in [6, 6.07) is 13.1. The Morgan fingerprint density at radius 2 is 2.06 bits per heavy atom. The number of anilines is 1. The Balaban J connectivity index is 1.64. The summed E-state index contributed by atoms with van der Waals surface area (Å²) in [5.74, 6) is -0.201. The van der Waals surface area contributed by atoms with Crippen LogP contribution in [0.1, 0.15) is 0 Å². The lowest BCUT2D eigenvalue weighted by molar-refractivity contribution is -0.113. The molecule has 0 spiro atoms. The number of nitrogens with one attached hydrogen (secondary N) is 1. The van der Waals surface area contributed by atoms with Crippen LogP contribution >= 0.6 is 34.7 Å². The van der Waals surface area contributed by atoms with E-state index in [-0.39, 0.29) is 22.4 Å². The monoisotopic (exact) mass is 468 g/mol. The molecule has 0 aliphatic carbocycles. The number of pyridine rings is 1. The number of hydrogen-bond acceptors (Lipinski definition) is 6. The minimum absolute atomic E-state index is 0.0667. The van der Waals surface area contributed by atoms with E-state index in [9.17, 15) is 9.59 Å². The number of carbonyl (C=O) groups excluding carboxylic acids is 1. The first-order valence-corrected chi connectivity index (χ1v) is 11.5. The Hall–Kier alpha value is -2.94. The van der Waals surface area contributed by atoms with Gasteiger partial charge in [0.05, 0.1) is 16.8 Å². The number of allylic oxidation sites excluding steroid dienone is 1. The molecule has 3 heterocycles. The summed E-state index contributed by atoms with van der Waals surface area (Å²) in [4.78, 5) is 35.0. The number of carbonyl (C=O) groups is 1. The molecule has 0 bridgehead atoms. The highest BCUT2D eigenvalue weighted by Crippen LogP contribution is 2.32. The fraction of sp³-hybridized carbons (Fsp3) is 0.0909. The fourth-order valence-corrected chi connectivity index (χ4v) is 5.00. The molecule has 156 valence electrons. The highest BCUT2D eigenvalue weighted by Gasteiger charge is 2.18. The summed E-state index contributed by atoms with van der Waals surface area (Å²) >= 11 is 8.59. The molecule has 0 unspecified atom stereocenters. The number of hydrogen-bond donors (Lipinski definition) is 1. The van der Waals surface area contributed by atoms with Crippen molar-refractivity contribution in [2.75, 3.05) is 11.1 Å². The third kappa shape index (κ3) is 4.56. The van der Waals surface area contributed by atoms with Crippen molar-refractivity contribution in [3.8, 4) is 11.1 Å². The first-order chi connectivity index (χ1) is 15.1. The van der Waals surface area contributed by atoms with Crippen LogP contribution in [-0.4, -0.2) is 26.2 Å². The van der Waals surface area contributed by atoms with Crippen LogP contribution < -0.4 is 10.9 Å². The average Bonchev–Trinajstić information content (AvgIpc) is 3.21. The average molecular weight is 469 g/mol. The highest BCUT2D eigenvalue weighted by atomic mass is 35.5. The number of nitrogens with zero attached hydrogens (tertiary/aromatic N) is 3. The van der Waals surface area contributed by atoms with Crippen molar-refractivity contribution in [1.29, 1.82) is 0 Å². The van der Waals surface area contributed by atoms with Crippen LogP contribution in [0.25, 0.3) is 21.3 Å². The van der Waals surface area contributed by atoms with Crippen LogP contribution in [0, 0.1) is 0 Å². The van der Waals surface area contributed by atoms with Crippen LogP contribution in [0.15, 0.2) is 76.6 Å². The van der Waals surface area contributed by atoms with Gasteiger partial charge in [-0.25, -0.2) is 9.97 Å². The number of amides is 1. The molecule has 0 aliphatic heterocycles. The minimum Gasteiger partial charge on any atom is -0.323 e. The van der Waals surface area contributed by atoms with Crippen molar-refractivity contribution < 1.29 is 4.79 Å². The number of rotatable bonds is 7. The molecule has 0 atom stereocenters. The van der Waals surface area contributed by atoms with E-state index in [1.165, 1.54) is 23.1 Å². The number of halogens is 1. The molecule has 1 amide bonds. The molecule has 0 aliphatic rings. The van der Waals surface area contributed by atoms with Gasteiger partial charge in [0.1, 0.15) is 4.83 Å². The maximum absolute atomic E-state index is 13.3. The normalized spacial score (nSPS) is 10.9. The van der Waals surface area contributed by atoms with Gasteiger partial charge in [-0.2, -0.15) is 0 Å². The molecule has 3 aromatic heterocycles. The van der Waals surface area contributed by atoms with Gasteiger partial charge in [-0.05, 0) is 17.7 Å². The second kappa shape index (κ2) is 9.47. The van der Waals surface area contributed by atoms with E-state index in [4.69, 9.17) is 11.6 Å². The third-order valence-corrected chi connectivity index (χ3v) is 6.57. The molecule has 6 nitrogen and oxygen atoms in total. The van der Waals surface area contributed by atoms with Crippen molar-refractivity contribution in [3.05, 3.63) is 82.2 Å². The van der Waals surface area contributed by atoms with E-state index in [2.05, 4.69) is 21.9 Å². The lowest BCUT2D eigenvalue weighted by Crippen LogP contribution is -2.23. The first kappa shape index (κ1) is 21.3. The van der Waals surface area contributed by atoms with Gasteiger partial charge in [0.15, 0.2) is 10.3 Å². The van der Waals surface area contributed by atoms with E-state index < -0.39 is 0 Å². The Morgan fingerprint density at radius 3 is 2.81 bits per heavy atom. The van der Waals surface area contributed by atoms with Crippen molar-refractivity contribution in [1.82, 2.24) is 14.5 Å². The van der Waals surface area contributed by atoms with Gasteiger partial charge in [-0.1, -0.05) is 59.8 Å². The lowest BCUT2D eigenvalue weighted by atomic mass is 10.1. The predicted octanol–water partition coefficient (Wildman–Crippen LogP) is 5.09. The number of thiophene rings is 1. The first-order valence-electron chi connectivity index (χ1n) is 9.30. The van der Waals surface area contributed by atoms with E-state index in [0.29, 0.717) is 27.6 Å². The number of fused-ring (bicyclic) bond motifs is 1. The topological polar surface area (TPSA) is 76.9 Å². The smallest absolute Gasteiger partial charge is 0.263 e. The molecule has 9 heteroatoms. The Labute approximate surface area is 191 Å². The second-order valence-corrected chi connectivity index (χ2v) is 8.63. The zero-order valence-corrected chi connectivity index (χ0v) is 18.6. The maximum atomic E-state index is 13.3. The molecule has 0 saturated heterocycles. The van der Waals surface area contributed by atoms with Crippen LogP contribution in [0.3, 0.4) is 0 Å². The standard InChI is InChI=1S/C22H17ClN4O2S2/c1-2-11-27-21(29)18-15(14-7-4-3-5-8-14)12-30-20(18)26-22(27)31-13-17(28)25-16-9-6-10-24-19(16)23/h2-10,12H,1,11,13H2,(H,25,28). The third-order valence-electron chi connectivity index (χ3n) is 4.42. The molecule has 31 heavy (non-hydrogen) atoms.